The highest BCUT2D eigenvalue weighted by Gasteiger charge is 2.07. The highest BCUT2D eigenvalue weighted by Crippen LogP contribution is 2.12. The van der Waals surface area contributed by atoms with Gasteiger partial charge in [-0.3, -0.25) is 9.59 Å². The number of hydrogen-bond acceptors (Lipinski definition) is 3. The van der Waals surface area contributed by atoms with Crippen molar-refractivity contribution in [3.05, 3.63) is 64.1 Å². The number of nitrogens with zero attached hydrogens (tertiary/aromatic N) is 1. The zero-order chi connectivity index (χ0) is 16.7. The Morgan fingerprint density at radius 1 is 1.09 bits per heavy atom. The molecule has 116 valence electrons. The fraction of sp³-hybridized carbons (Fsp3) is 0.118. The van der Waals surface area contributed by atoms with E-state index in [2.05, 4.69) is 26.6 Å². The molecule has 0 heterocycles. The van der Waals surface area contributed by atoms with Gasteiger partial charge in [0.05, 0.1) is 24.6 Å². The van der Waals surface area contributed by atoms with Crippen molar-refractivity contribution in [2.24, 2.45) is 0 Å². The van der Waals surface area contributed by atoms with Crippen LogP contribution in [0.3, 0.4) is 0 Å². The number of carbonyl (C=O) groups is 2. The molecule has 0 bridgehead atoms. The average molecular weight is 372 g/mol. The normalized spacial score (nSPS) is 9.74. The van der Waals surface area contributed by atoms with Crippen LogP contribution >= 0.6 is 15.9 Å². The molecule has 2 aromatic rings. The molecule has 0 aliphatic heterocycles. The van der Waals surface area contributed by atoms with Crippen molar-refractivity contribution in [1.82, 2.24) is 5.32 Å². The summed E-state index contributed by atoms with van der Waals surface area (Å²) in [6.45, 7) is -0.104. The second-order valence-corrected chi connectivity index (χ2v) is 5.74. The molecule has 23 heavy (non-hydrogen) atoms. The molecule has 0 atom stereocenters. The van der Waals surface area contributed by atoms with Gasteiger partial charge in [-0.15, -0.1) is 0 Å². The second-order valence-electron chi connectivity index (χ2n) is 4.82. The van der Waals surface area contributed by atoms with Crippen LogP contribution in [0.25, 0.3) is 0 Å². The zero-order valence-electron chi connectivity index (χ0n) is 12.2. The first-order valence-corrected chi connectivity index (χ1v) is 7.67. The molecule has 0 aliphatic carbocycles. The minimum atomic E-state index is -0.322. The Balaban J connectivity index is 1.79. The van der Waals surface area contributed by atoms with Crippen molar-refractivity contribution in [2.75, 3.05) is 11.9 Å². The maximum Gasteiger partial charge on any atom is 0.243 e. The van der Waals surface area contributed by atoms with E-state index in [9.17, 15) is 9.59 Å². The van der Waals surface area contributed by atoms with Gasteiger partial charge in [0, 0.05) is 10.2 Å². The molecule has 6 heteroatoms. The van der Waals surface area contributed by atoms with E-state index in [1.54, 1.807) is 24.3 Å². The number of rotatable bonds is 5. The lowest BCUT2D eigenvalue weighted by Gasteiger charge is -2.07. The summed E-state index contributed by atoms with van der Waals surface area (Å²) in [6, 6.07) is 15.9. The number of carbonyl (C=O) groups excluding carboxylic acids is 2. The first-order valence-electron chi connectivity index (χ1n) is 6.88. The third-order valence-electron chi connectivity index (χ3n) is 3.00. The molecule has 0 spiro atoms. The van der Waals surface area contributed by atoms with Crippen molar-refractivity contribution in [2.45, 2.75) is 6.42 Å². The Bertz CT molecular complexity index is 751. The first kappa shape index (κ1) is 16.7. The third-order valence-corrected chi connectivity index (χ3v) is 3.49. The van der Waals surface area contributed by atoms with E-state index in [1.807, 2.05) is 30.3 Å². The number of anilines is 1. The molecule has 0 aromatic heterocycles. The Morgan fingerprint density at radius 3 is 2.48 bits per heavy atom. The number of hydrogen-bond donors (Lipinski definition) is 2. The van der Waals surface area contributed by atoms with Crippen LogP contribution in [-0.2, 0) is 16.0 Å². The van der Waals surface area contributed by atoms with E-state index in [0.717, 1.165) is 10.0 Å². The molecule has 2 amide bonds. The van der Waals surface area contributed by atoms with Crippen LogP contribution in [-0.4, -0.2) is 18.4 Å². The SMILES string of the molecule is N#Cc1ccc(NC(=O)CNC(=O)Cc2cccc(Br)c2)cc1. The van der Waals surface area contributed by atoms with Crippen LogP contribution in [0.5, 0.6) is 0 Å². The standard InChI is InChI=1S/C17H14BrN3O2/c18-14-3-1-2-13(8-14)9-16(22)20-11-17(23)21-15-6-4-12(10-19)5-7-15/h1-8H,9,11H2,(H,20,22)(H,21,23). The summed E-state index contributed by atoms with van der Waals surface area (Å²) in [5.74, 6) is -0.546. The summed E-state index contributed by atoms with van der Waals surface area (Å²) in [5.41, 5.74) is 1.96. The smallest absolute Gasteiger partial charge is 0.243 e. The highest BCUT2D eigenvalue weighted by molar-refractivity contribution is 9.10. The van der Waals surface area contributed by atoms with Crippen LogP contribution in [0, 0.1) is 11.3 Å². The van der Waals surface area contributed by atoms with Gasteiger partial charge < -0.3 is 10.6 Å². The monoisotopic (exact) mass is 371 g/mol. The average Bonchev–Trinajstić information content (AvgIpc) is 2.54. The molecule has 0 aliphatic rings. The zero-order valence-corrected chi connectivity index (χ0v) is 13.8. The van der Waals surface area contributed by atoms with E-state index < -0.39 is 0 Å². The fourth-order valence-electron chi connectivity index (χ4n) is 1.91. The topological polar surface area (TPSA) is 82.0 Å². The number of nitriles is 1. The minimum absolute atomic E-state index is 0.104. The summed E-state index contributed by atoms with van der Waals surface area (Å²) in [4.78, 5) is 23.6. The number of halogens is 1. The minimum Gasteiger partial charge on any atom is -0.347 e. The maximum absolute atomic E-state index is 11.8. The number of amides is 2. The highest BCUT2D eigenvalue weighted by atomic mass is 79.9. The summed E-state index contributed by atoms with van der Waals surface area (Å²) in [7, 11) is 0. The van der Waals surface area contributed by atoms with E-state index in [0.29, 0.717) is 11.3 Å². The Kier molecular flexibility index (Phi) is 5.89. The van der Waals surface area contributed by atoms with Crippen molar-refractivity contribution in [1.29, 1.82) is 5.26 Å². The van der Waals surface area contributed by atoms with Crippen molar-refractivity contribution >= 4 is 33.4 Å². The van der Waals surface area contributed by atoms with Crippen molar-refractivity contribution < 1.29 is 9.59 Å². The van der Waals surface area contributed by atoms with Gasteiger partial charge in [0.15, 0.2) is 0 Å². The Hall–Kier alpha value is -2.65. The Morgan fingerprint density at radius 2 is 1.83 bits per heavy atom. The predicted molar refractivity (Wildman–Crippen MR) is 90.6 cm³/mol. The van der Waals surface area contributed by atoms with Crippen LogP contribution in [0.1, 0.15) is 11.1 Å². The predicted octanol–water partition coefficient (Wildman–Crippen LogP) is 2.62. The van der Waals surface area contributed by atoms with Crippen LogP contribution < -0.4 is 10.6 Å². The molecular formula is C17H14BrN3O2. The molecule has 0 unspecified atom stereocenters. The fourth-order valence-corrected chi connectivity index (χ4v) is 2.35. The molecule has 0 radical (unpaired) electrons. The molecule has 2 rings (SSSR count). The molecule has 0 fully saturated rings. The van der Waals surface area contributed by atoms with Gasteiger partial charge in [0.25, 0.3) is 0 Å². The van der Waals surface area contributed by atoms with Crippen LogP contribution in [0.15, 0.2) is 53.0 Å². The van der Waals surface area contributed by atoms with Crippen LogP contribution in [0.2, 0.25) is 0 Å². The molecule has 2 aromatic carbocycles. The van der Waals surface area contributed by atoms with Crippen molar-refractivity contribution in [3.63, 3.8) is 0 Å². The van der Waals surface area contributed by atoms with E-state index in [1.165, 1.54) is 0 Å². The first-order chi connectivity index (χ1) is 11.1. The Labute approximate surface area is 142 Å². The molecule has 0 saturated heterocycles. The lowest BCUT2D eigenvalue weighted by atomic mass is 10.1. The molecule has 0 saturated carbocycles. The third kappa shape index (κ3) is 5.57. The molecule has 2 N–H and O–H groups in total. The molecule has 5 nitrogen and oxygen atoms in total. The van der Waals surface area contributed by atoms with Gasteiger partial charge in [-0.05, 0) is 42.0 Å². The van der Waals surface area contributed by atoms with Gasteiger partial charge in [-0.1, -0.05) is 28.1 Å². The number of nitrogens with one attached hydrogen (secondary N) is 2. The maximum atomic E-state index is 11.8. The largest absolute Gasteiger partial charge is 0.347 e. The van der Waals surface area contributed by atoms with E-state index >= 15 is 0 Å². The van der Waals surface area contributed by atoms with Crippen molar-refractivity contribution in [3.8, 4) is 6.07 Å². The van der Waals surface area contributed by atoms with E-state index in [-0.39, 0.29) is 24.8 Å². The van der Waals surface area contributed by atoms with Gasteiger partial charge in [-0.25, -0.2) is 0 Å². The summed E-state index contributed by atoms with van der Waals surface area (Å²) >= 11 is 3.35. The summed E-state index contributed by atoms with van der Waals surface area (Å²) in [6.07, 6.45) is 0.212. The second kappa shape index (κ2) is 8.11. The van der Waals surface area contributed by atoms with Gasteiger partial charge in [0.1, 0.15) is 0 Å². The quantitative estimate of drug-likeness (QED) is 0.847. The van der Waals surface area contributed by atoms with Gasteiger partial charge >= 0.3 is 0 Å². The lowest BCUT2D eigenvalue weighted by Crippen LogP contribution is -2.33. The van der Waals surface area contributed by atoms with Gasteiger partial charge in [-0.2, -0.15) is 5.26 Å². The summed E-state index contributed by atoms with van der Waals surface area (Å²) in [5, 5.41) is 13.9. The van der Waals surface area contributed by atoms with Gasteiger partial charge in [0.2, 0.25) is 11.8 Å². The number of benzene rings is 2. The lowest BCUT2D eigenvalue weighted by molar-refractivity contribution is -0.123. The summed E-state index contributed by atoms with van der Waals surface area (Å²) < 4.78 is 0.904. The van der Waals surface area contributed by atoms with E-state index in [4.69, 9.17) is 5.26 Å². The molecular weight excluding hydrogens is 358 g/mol. The van der Waals surface area contributed by atoms with Crippen LogP contribution in [0.4, 0.5) is 5.69 Å².